The van der Waals surface area contributed by atoms with Crippen LogP contribution in [-0.2, 0) is 16.0 Å². The summed E-state index contributed by atoms with van der Waals surface area (Å²) in [6.07, 6.45) is 1.01. The van der Waals surface area contributed by atoms with Crippen LogP contribution in [0.1, 0.15) is 25.3 Å². The van der Waals surface area contributed by atoms with Gasteiger partial charge in [-0.2, -0.15) is 0 Å². The number of carbonyl (C=O) groups excluding carboxylic acids is 2. The summed E-state index contributed by atoms with van der Waals surface area (Å²) < 4.78 is 5.20. The second kappa shape index (κ2) is 7.82. The minimum absolute atomic E-state index is 0.0730. The van der Waals surface area contributed by atoms with Crippen molar-refractivity contribution in [2.45, 2.75) is 26.7 Å². The maximum Gasteiger partial charge on any atom is 0.231 e. The van der Waals surface area contributed by atoms with Gasteiger partial charge in [0.15, 0.2) is 0 Å². The van der Waals surface area contributed by atoms with E-state index in [9.17, 15) is 9.59 Å². The van der Waals surface area contributed by atoms with Crippen molar-refractivity contribution in [1.29, 1.82) is 0 Å². The fourth-order valence-corrected chi connectivity index (χ4v) is 3.81. The summed E-state index contributed by atoms with van der Waals surface area (Å²) in [7, 11) is 1.58. The lowest BCUT2D eigenvalue weighted by atomic mass is 10.1. The molecule has 0 bridgehead atoms. The lowest BCUT2D eigenvalue weighted by Crippen LogP contribution is -2.28. The molecule has 1 N–H and O–H groups in total. The van der Waals surface area contributed by atoms with E-state index < -0.39 is 5.92 Å². The van der Waals surface area contributed by atoms with Crippen LogP contribution in [0, 0.1) is 11.8 Å². The topological polar surface area (TPSA) is 84.4 Å². The van der Waals surface area contributed by atoms with Gasteiger partial charge >= 0.3 is 0 Å². The smallest absolute Gasteiger partial charge is 0.231 e. The van der Waals surface area contributed by atoms with E-state index in [1.807, 2.05) is 18.2 Å². The fourth-order valence-electron chi connectivity index (χ4n) is 2.85. The Bertz CT molecular complexity index is 805. The number of aromatic nitrogens is 2. The number of anilines is 2. The Balaban J connectivity index is 1.64. The van der Waals surface area contributed by atoms with Gasteiger partial charge in [-0.3, -0.25) is 9.59 Å². The van der Waals surface area contributed by atoms with Gasteiger partial charge in [-0.1, -0.05) is 31.3 Å². The van der Waals surface area contributed by atoms with Crippen molar-refractivity contribution in [3.8, 4) is 5.75 Å². The van der Waals surface area contributed by atoms with Crippen molar-refractivity contribution in [3.63, 3.8) is 0 Å². The first kappa shape index (κ1) is 18.3. The Morgan fingerprint density at radius 1 is 1.42 bits per heavy atom. The molecular formula is C18H22N4O3S. The molecule has 7 nitrogen and oxygen atoms in total. The van der Waals surface area contributed by atoms with Crippen LogP contribution in [0.2, 0.25) is 0 Å². The second-order valence-electron chi connectivity index (χ2n) is 6.70. The number of carbonyl (C=O) groups is 2. The Kier molecular flexibility index (Phi) is 5.51. The molecule has 1 aliphatic heterocycles. The van der Waals surface area contributed by atoms with E-state index >= 15 is 0 Å². The highest BCUT2D eigenvalue weighted by Crippen LogP contribution is 2.29. The molecule has 0 aliphatic carbocycles. The summed E-state index contributed by atoms with van der Waals surface area (Å²) in [5.74, 6) is 0.475. The Hall–Kier alpha value is -2.48. The van der Waals surface area contributed by atoms with Crippen LogP contribution < -0.4 is 15.0 Å². The van der Waals surface area contributed by atoms with Gasteiger partial charge in [0.1, 0.15) is 10.8 Å². The zero-order chi connectivity index (χ0) is 18.7. The summed E-state index contributed by atoms with van der Waals surface area (Å²) >= 11 is 1.38. The normalized spacial score (nSPS) is 17.0. The number of methoxy groups -OCH3 is 1. The third-order valence-corrected chi connectivity index (χ3v) is 5.00. The van der Waals surface area contributed by atoms with E-state index in [1.54, 1.807) is 18.1 Å². The molecule has 26 heavy (non-hydrogen) atoms. The quantitative estimate of drug-likeness (QED) is 0.840. The molecule has 138 valence electrons. The van der Waals surface area contributed by atoms with Crippen molar-refractivity contribution in [1.82, 2.24) is 10.2 Å². The molecule has 1 aliphatic rings. The lowest BCUT2D eigenvalue weighted by Gasteiger charge is -2.17. The van der Waals surface area contributed by atoms with Gasteiger partial charge in [-0.15, -0.1) is 10.2 Å². The molecule has 8 heteroatoms. The largest absolute Gasteiger partial charge is 0.497 e. The number of nitrogens with zero attached hydrogens (tertiary/aromatic N) is 3. The molecule has 1 atom stereocenters. The van der Waals surface area contributed by atoms with Crippen molar-refractivity contribution in [3.05, 3.63) is 29.3 Å². The molecule has 3 rings (SSSR count). The van der Waals surface area contributed by atoms with Crippen LogP contribution in [0.25, 0.3) is 0 Å². The first-order valence-corrected chi connectivity index (χ1v) is 9.35. The van der Waals surface area contributed by atoms with Crippen LogP contribution in [0.4, 0.5) is 10.8 Å². The lowest BCUT2D eigenvalue weighted by molar-refractivity contribution is -0.122. The van der Waals surface area contributed by atoms with Gasteiger partial charge in [-0.05, 0) is 18.1 Å². The predicted octanol–water partition coefficient (Wildman–Crippen LogP) is 2.74. The molecule has 1 aromatic carbocycles. The number of hydrogen-bond acceptors (Lipinski definition) is 6. The molecule has 2 aromatic rings. The first-order chi connectivity index (χ1) is 12.5. The van der Waals surface area contributed by atoms with E-state index in [0.717, 1.165) is 17.1 Å². The number of rotatable bonds is 6. The minimum atomic E-state index is -0.411. The number of nitrogens with one attached hydrogen (secondary N) is 1. The first-order valence-electron chi connectivity index (χ1n) is 8.54. The Morgan fingerprint density at radius 3 is 2.96 bits per heavy atom. The van der Waals surface area contributed by atoms with Crippen molar-refractivity contribution in [2.24, 2.45) is 11.8 Å². The third-order valence-electron chi connectivity index (χ3n) is 4.14. The van der Waals surface area contributed by atoms with E-state index in [4.69, 9.17) is 4.74 Å². The molecule has 2 heterocycles. The van der Waals surface area contributed by atoms with Gasteiger partial charge in [0.05, 0.1) is 13.0 Å². The van der Waals surface area contributed by atoms with Crippen LogP contribution in [0.15, 0.2) is 24.3 Å². The van der Waals surface area contributed by atoms with Crippen LogP contribution in [0.3, 0.4) is 0 Å². The third kappa shape index (κ3) is 4.19. The summed E-state index contributed by atoms with van der Waals surface area (Å²) in [5.41, 5.74) is 0.736. The SMILES string of the molecule is COc1cccc(N2CC(C(=O)Nc3nnc(CC(C)C)s3)CC2=O)c1. The zero-order valence-corrected chi connectivity index (χ0v) is 15.9. The van der Waals surface area contributed by atoms with Gasteiger partial charge in [0.2, 0.25) is 16.9 Å². The average molecular weight is 374 g/mol. The predicted molar refractivity (Wildman–Crippen MR) is 101 cm³/mol. The number of benzene rings is 1. The summed E-state index contributed by atoms with van der Waals surface area (Å²) in [5, 5.41) is 12.3. The summed E-state index contributed by atoms with van der Waals surface area (Å²) in [6, 6.07) is 7.27. The van der Waals surface area contributed by atoms with Gasteiger partial charge in [0, 0.05) is 31.1 Å². The average Bonchev–Trinajstić information content (AvgIpc) is 3.21. The molecule has 1 fully saturated rings. The van der Waals surface area contributed by atoms with E-state index in [2.05, 4.69) is 29.4 Å². The maximum absolute atomic E-state index is 12.5. The molecule has 1 unspecified atom stereocenters. The van der Waals surface area contributed by atoms with Crippen LogP contribution >= 0.6 is 11.3 Å². The van der Waals surface area contributed by atoms with Crippen molar-refractivity contribution in [2.75, 3.05) is 23.9 Å². The molecule has 2 amide bonds. The van der Waals surface area contributed by atoms with E-state index in [-0.39, 0.29) is 18.2 Å². The Morgan fingerprint density at radius 2 is 2.23 bits per heavy atom. The van der Waals surface area contributed by atoms with Crippen molar-refractivity contribution < 1.29 is 14.3 Å². The Labute approximate surface area is 156 Å². The molecule has 0 spiro atoms. The molecule has 1 saturated heterocycles. The highest BCUT2D eigenvalue weighted by molar-refractivity contribution is 7.15. The highest BCUT2D eigenvalue weighted by Gasteiger charge is 2.35. The molecule has 0 radical (unpaired) electrons. The van der Waals surface area contributed by atoms with Crippen LogP contribution in [-0.4, -0.2) is 35.7 Å². The monoisotopic (exact) mass is 374 g/mol. The van der Waals surface area contributed by atoms with Gasteiger partial charge < -0.3 is 15.0 Å². The van der Waals surface area contributed by atoms with Gasteiger partial charge in [-0.25, -0.2) is 0 Å². The summed E-state index contributed by atoms with van der Waals surface area (Å²) in [4.78, 5) is 26.5. The van der Waals surface area contributed by atoms with Crippen molar-refractivity contribution >= 4 is 34.0 Å². The van der Waals surface area contributed by atoms with Gasteiger partial charge in [0.25, 0.3) is 0 Å². The number of hydrogen-bond donors (Lipinski definition) is 1. The van der Waals surface area contributed by atoms with Crippen LogP contribution in [0.5, 0.6) is 5.75 Å². The second-order valence-corrected chi connectivity index (χ2v) is 7.76. The molecular weight excluding hydrogens is 352 g/mol. The standard InChI is InChI=1S/C18H22N4O3S/c1-11(2)7-15-20-21-18(26-15)19-17(24)12-8-16(23)22(10-12)13-5-4-6-14(9-13)25-3/h4-6,9,11-12H,7-8,10H2,1-3H3,(H,19,21,24). The minimum Gasteiger partial charge on any atom is -0.497 e. The number of amides is 2. The molecule has 1 aromatic heterocycles. The highest BCUT2D eigenvalue weighted by atomic mass is 32.1. The van der Waals surface area contributed by atoms with E-state index in [0.29, 0.717) is 23.3 Å². The molecule has 0 saturated carbocycles. The maximum atomic E-state index is 12.5. The van der Waals surface area contributed by atoms with E-state index in [1.165, 1.54) is 11.3 Å². The fraction of sp³-hybridized carbons (Fsp3) is 0.444. The summed E-state index contributed by atoms with van der Waals surface area (Å²) in [6.45, 7) is 4.56. The zero-order valence-electron chi connectivity index (χ0n) is 15.1. The number of ether oxygens (including phenoxy) is 1.